The van der Waals surface area contributed by atoms with Gasteiger partial charge in [-0.15, -0.1) is 0 Å². The van der Waals surface area contributed by atoms with Crippen molar-refractivity contribution in [3.8, 4) is 0 Å². The highest BCUT2D eigenvalue weighted by atomic mass is 19.2. The van der Waals surface area contributed by atoms with E-state index in [4.69, 9.17) is 4.74 Å². The number of nitrogens with one attached hydrogen (secondary N) is 1. The molecule has 3 rings (SSSR count). The third-order valence-corrected chi connectivity index (χ3v) is 4.24. The summed E-state index contributed by atoms with van der Waals surface area (Å²) in [7, 11) is 1.41. The maximum absolute atomic E-state index is 13.5. The summed E-state index contributed by atoms with van der Waals surface area (Å²) < 4.78 is 31.6. The molecule has 0 spiro atoms. The Balaban J connectivity index is 2.04. The Kier molecular flexibility index (Phi) is 5.64. The summed E-state index contributed by atoms with van der Waals surface area (Å²) in [5, 5.41) is 13.5. The third-order valence-electron chi connectivity index (χ3n) is 4.24. The summed E-state index contributed by atoms with van der Waals surface area (Å²) in [4.78, 5) is 36.8. The van der Waals surface area contributed by atoms with Crippen LogP contribution in [0.1, 0.15) is 5.56 Å². The summed E-state index contributed by atoms with van der Waals surface area (Å²) >= 11 is 0. The number of non-ortho nitro benzene ring substituents is 1. The highest BCUT2D eigenvalue weighted by molar-refractivity contribution is 6.36. The number of halogens is 2. The molecule has 2 amide bonds. The number of rotatable bonds is 7. The van der Waals surface area contributed by atoms with E-state index in [-0.39, 0.29) is 41.4 Å². The summed E-state index contributed by atoms with van der Waals surface area (Å²) in [5.74, 6) is -3.49. The highest BCUT2D eigenvalue weighted by Crippen LogP contribution is 2.31. The predicted molar refractivity (Wildman–Crippen MR) is 98.6 cm³/mol. The molecule has 0 aliphatic carbocycles. The second kappa shape index (κ2) is 8.15. The van der Waals surface area contributed by atoms with E-state index in [1.165, 1.54) is 37.4 Å². The molecule has 2 aromatic rings. The molecule has 0 radical (unpaired) electrons. The lowest BCUT2D eigenvalue weighted by atomic mass is 10.0. The van der Waals surface area contributed by atoms with Gasteiger partial charge in [-0.05, 0) is 29.8 Å². The van der Waals surface area contributed by atoms with E-state index in [1.807, 2.05) is 0 Å². The van der Waals surface area contributed by atoms with Crippen LogP contribution in [0.3, 0.4) is 0 Å². The molecule has 1 N–H and O–H groups in total. The Morgan fingerprint density at radius 1 is 1.07 bits per heavy atom. The fourth-order valence-electron chi connectivity index (χ4n) is 2.81. The van der Waals surface area contributed by atoms with Gasteiger partial charge in [-0.1, -0.05) is 0 Å². The van der Waals surface area contributed by atoms with Crippen LogP contribution < -0.4 is 5.32 Å². The van der Waals surface area contributed by atoms with Crippen LogP contribution in [0.25, 0.3) is 5.57 Å². The number of benzene rings is 2. The average Bonchev–Trinajstić information content (AvgIpc) is 2.93. The lowest BCUT2D eigenvalue weighted by molar-refractivity contribution is -0.384. The predicted octanol–water partition coefficient (Wildman–Crippen LogP) is 2.71. The molecule has 0 saturated heterocycles. The molecule has 10 heteroatoms. The summed E-state index contributed by atoms with van der Waals surface area (Å²) in [5.41, 5.74) is -0.0406. The molecule has 0 bridgehead atoms. The van der Waals surface area contributed by atoms with Crippen molar-refractivity contribution in [3.63, 3.8) is 0 Å². The van der Waals surface area contributed by atoms with Gasteiger partial charge in [0.15, 0.2) is 11.6 Å². The van der Waals surface area contributed by atoms with Crippen LogP contribution in [0, 0.1) is 21.7 Å². The van der Waals surface area contributed by atoms with Crippen molar-refractivity contribution in [1.82, 2.24) is 4.90 Å². The van der Waals surface area contributed by atoms with E-state index in [9.17, 15) is 28.5 Å². The van der Waals surface area contributed by atoms with Crippen LogP contribution in [0.4, 0.5) is 20.2 Å². The van der Waals surface area contributed by atoms with Crippen LogP contribution >= 0.6 is 0 Å². The van der Waals surface area contributed by atoms with Crippen molar-refractivity contribution in [3.05, 3.63) is 75.5 Å². The van der Waals surface area contributed by atoms with E-state index in [0.29, 0.717) is 0 Å². The average molecular weight is 403 g/mol. The number of methoxy groups -OCH3 is 1. The Bertz CT molecular complexity index is 1020. The lowest BCUT2D eigenvalue weighted by Crippen LogP contribution is -2.35. The van der Waals surface area contributed by atoms with E-state index >= 15 is 0 Å². The number of hydrogen-bond donors (Lipinski definition) is 1. The molecule has 0 aromatic heterocycles. The number of carbonyl (C=O) groups excluding carboxylic acids is 2. The number of nitrogens with zero attached hydrogens (tertiary/aromatic N) is 2. The van der Waals surface area contributed by atoms with Gasteiger partial charge in [-0.3, -0.25) is 24.6 Å². The Morgan fingerprint density at radius 2 is 1.76 bits per heavy atom. The van der Waals surface area contributed by atoms with Crippen molar-refractivity contribution in [2.24, 2.45) is 0 Å². The van der Waals surface area contributed by atoms with Gasteiger partial charge >= 0.3 is 0 Å². The molecule has 8 nitrogen and oxygen atoms in total. The Morgan fingerprint density at radius 3 is 2.34 bits per heavy atom. The number of nitro benzene ring substituents is 1. The van der Waals surface area contributed by atoms with E-state index in [2.05, 4.69) is 5.32 Å². The van der Waals surface area contributed by atoms with Crippen molar-refractivity contribution in [2.75, 3.05) is 25.6 Å². The number of anilines is 1. The topological polar surface area (TPSA) is 102 Å². The first kappa shape index (κ1) is 20.1. The van der Waals surface area contributed by atoms with Gasteiger partial charge in [-0.25, -0.2) is 8.78 Å². The van der Waals surface area contributed by atoms with Crippen molar-refractivity contribution in [2.45, 2.75) is 0 Å². The van der Waals surface area contributed by atoms with Gasteiger partial charge in [-0.2, -0.15) is 0 Å². The normalized spacial score (nSPS) is 14.0. The molecule has 2 aromatic carbocycles. The van der Waals surface area contributed by atoms with Gasteiger partial charge in [0, 0.05) is 31.0 Å². The maximum Gasteiger partial charge on any atom is 0.278 e. The molecule has 150 valence electrons. The number of carbonyl (C=O) groups is 2. The number of ether oxygens (including phenoxy) is 1. The van der Waals surface area contributed by atoms with E-state index < -0.39 is 28.4 Å². The minimum atomic E-state index is -1.12. The molecule has 1 heterocycles. The zero-order valence-corrected chi connectivity index (χ0v) is 15.1. The van der Waals surface area contributed by atoms with Crippen LogP contribution in [-0.4, -0.2) is 41.9 Å². The molecule has 0 unspecified atom stereocenters. The molecule has 0 atom stereocenters. The van der Waals surface area contributed by atoms with Gasteiger partial charge in [0.05, 0.1) is 23.6 Å². The van der Waals surface area contributed by atoms with Crippen LogP contribution in [-0.2, 0) is 14.3 Å². The summed E-state index contributed by atoms with van der Waals surface area (Å²) in [6.45, 7) is 0.0804. The first-order chi connectivity index (χ1) is 13.8. The standard InChI is InChI=1S/C19H15F2N3O5/c1-29-9-8-23-18(25)16(11-2-5-13(6-3-11)24(27)28)17(19(23)26)22-12-4-7-14(20)15(21)10-12/h2-7,10,22H,8-9H2,1H3. The minimum Gasteiger partial charge on any atom is -0.383 e. The van der Waals surface area contributed by atoms with Crippen molar-refractivity contribution in [1.29, 1.82) is 0 Å². The smallest absolute Gasteiger partial charge is 0.278 e. The molecule has 1 aliphatic heterocycles. The van der Waals surface area contributed by atoms with Gasteiger partial charge in [0.1, 0.15) is 5.70 Å². The lowest BCUT2D eigenvalue weighted by Gasteiger charge is -2.14. The van der Waals surface area contributed by atoms with Gasteiger partial charge in [0.2, 0.25) is 0 Å². The highest BCUT2D eigenvalue weighted by Gasteiger charge is 2.39. The van der Waals surface area contributed by atoms with Crippen molar-refractivity contribution < 1.29 is 28.0 Å². The fraction of sp³-hybridized carbons (Fsp3) is 0.158. The molecule has 0 fully saturated rings. The second-order valence-electron chi connectivity index (χ2n) is 6.06. The first-order valence-electron chi connectivity index (χ1n) is 8.39. The van der Waals surface area contributed by atoms with Crippen molar-refractivity contribution >= 4 is 28.8 Å². The quantitative estimate of drug-likeness (QED) is 0.433. The zero-order chi connectivity index (χ0) is 21.1. The van der Waals surface area contributed by atoms with E-state index in [1.54, 1.807) is 0 Å². The summed E-state index contributed by atoms with van der Waals surface area (Å²) in [6.07, 6.45) is 0. The molecule has 1 aliphatic rings. The number of nitro groups is 1. The SMILES string of the molecule is COCCN1C(=O)C(Nc2ccc(F)c(F)c2)=C(c2ccc([N+](=O)[O-])cc2)C1=O. The van der Waals surface area contributed by atoms with Crippen LogP contribution in [0.15, 0.2) is 48.2 Å². The van der Waals surface area contributed by atoms with E-state index in [0.717, 1.165) is 17.0 Å². The molecule has 0 saturated carbocycles. The van der Waals surface area contributed by atoms with Crippen LogP contribution in [0.5, 0.6) is 0 Å². The number of imide groups is 1. The minimum absolute atomic E-state index is 0.0202. The monoisotopic (exact) mass is 403 g/mol. The maximum atomic E-state index is 13.5. The fourth-order valence-corrected chi connectivity index (χ4v) is 2.81. The number of amides is 2. The Hall–Kier alpha value is -3.66. The summed E-state index contributed by atoms with van der Waals surface area (Å²) in [6, 6.07) is 8.03. The third kappa shape index (κ3) is 3.97. The molecular formula is C19H15F2N3O5. The zero-order valence-electron chi connectivity index (χ0n) is 15.1. The van der Waals surface area contributed by atoms with Gasteiger partial charge < -0.3 is 10.1 Å². The van der Waals surface area contributed by atoms with Gasteiger partial charge in [0.25, 0.3) is 17.5 Å². The molecule has 29 heavy (non-hydrogen) atoms. The molecular weight excluding hydrogens is 388 g/mol. The van der Waals surface area contributed by atoms with Crippen LogP contribution in [0.2, 0.25) is 0 Å². The number of hydrogen-bond acceptors (Lipinski definition) is 6. The Labute approximate surface area is 163 Å². The second-order valence-corrected chi connectivity index (χ2v) is 6.06. The first-order valence-corrected chi connectivity index (χ1v) is 8.39. The largest absolute Gasteiger partial charge is 0.383 e.